The summed E-state index contributed by atoms with van der Waals surface area (Å²) in [4.78, 5) is 14.3. The topological polar surface area (TPSA) is 29.5 Å². The minimum atomic E-state index is -0.103. The van der Waals surface area contributed by atoms with Gasteiger partial charge in [-0.15, -0.1) is 0 Å². The van der Waals surface area contributed by atoms with Crippen molar-refractivity contribution in [2.24, 2.45) is 0 Å². The van der Waals surface area contributed by atoms with Crippen LogP contribution >= 0.6 is 39.1 Å². The zero-order chi connectivity index (χ0) is 14.0. The molecule has 19 heavy (non-hydrogen) atoms. The van der Waals surface area contributed by atoms with Gasteiger partial charge in [0.1, 0.15) is 0 Å². The molecule has 1 aliphatic rings. The van der Waals surface area contributed by atoms with Gasteiger partial charge in [-0.3, -0.25) is 4.79 Å². The molecule has 1 amide bonds. The Hall–Kier alpha value is -0.290. The Kier molecular flexibility index (Phi) is 5.12. The Balaban J connectivity index is 2.24. The van der Waals surface area contributed by atoms with Crippen molar-refractivity contribution in [1.82, 2.24) is 4.90 Å². The maximum absolute atomic E-state index is 12.6. The molecule has 0 bridgehead atoms. The number of carbonyl (C=O) groups excluding carboxylic acids is 1. The van der Waals surface area contributed by atoms with Crippen LogP contribution in [0, 0.1) is 0 Å². The molecule has 0 radical (unpaired) electrons. The highest BCUT2D eigenvalue weighted by Gasteiger charge is 2.30. The Labute approximate surface area is 130 Å². The Morgan fingerprint density at radius 1 is 1.53 bits per heavy atom. The summed E-state index contributed by atoms with van der Waals surface area (Å²) in [6.45, 7) is 3.04. The van der Waals surface area contributed by atoms with Gasteiger partial charge in [0.05, 0.1) is 34.4 Å². The molecule has 1 saturated heterocycles. The molecule has 0 saturated carbocycles. The van der Waals surface area contributed by atoms with Gasteiger partial charge in [-0.05, 0) is 19.1 Å². The van der Waals surface area contributed by atoms with Crippen LogP contribution in [-0.2, 0) is 4.74 Å². The van der Waals surface area contributed by atoms with Crippen molar-refractivity contribution in [2.45, 2.75) is 19.1 Å². The van der Waals surface area contributed by atoms with Crippen molar-refractivity contribution < 1.29 is 9.53 Å². The number of hydrogen-bond donors (Lipinski definition) is 0. The molecule has 2 unspecified atom stereocenters. The van der Waals surface area contributed by atoms with E-state index in [1.165, 1.54) is 0 Å². The van der Waals surface area contributed by atoms with E-state index in [0.29, 0.717) is 34.1 Å². The second kappa shape index (κ2) is 6.44. The zero-order valence-electron chi connectivity index (χ0n) is 10.4. The fraction of sp³-hybridized carbons (Fsp3) is 0.462. The van der Waals surface area contributed by atoms with Crippen molar-refractivity contribution in [3.05, 3.63) is 33.8 Å². The molecule has 0 aromatic heterocycles. The number of halogens is 3. The van der Waals surface area contributed by atoms with Crippen LogP contribution in [-0.4, -0.2) is 41.4 Å². The summed E-state index contributed by atoms with van der Waals surface area (Å²) in [5.74, 6) is -0.103. The SMILES string of the molecule is CC1COC(CBr)CN1C(=O)c1cccc(Cl)c1Cl. The standard InChI is InChI=1S/C13H14BrCl2NO2/c1-8-7-19-9(5-14)6-17(8)13(18)10-3-2-4-11(15)12(10)16/h2-4,8-9H,5-7H2,1H3. The fourth-order valence-corrected chi connectivity index (χ4v) is 2.79. The first-order valence-electron chi connectivity index (χ1n) is 5.97. The molecule has 104 valence electrons. The Morgan fingerprint density at radius 3 is 2.95 bits per heavy atom. The average Bonchev–Trinajstić information content (AvgIpc) is 2.42. The lowest BCUT2D eigenvalue weighted by molar-refractivity contribution is -0.0361. The van der Waals surface area contributed by atoms with Crippen LogP contribution in [0.25, 0.3) is 0 Å². The summed E-state index contributed by atoms with van der Waals surface area (Å²) in [6, 6.07) is 5.12. The zero-order valence-corrected chi connectivity index (χ0v) is 13.5. The van der Waals surface area contributed by atoms with Gasteiger partial charge in [0.2, 0.25) is 0 Å². The van der Waals surface area contributed by atoms with Gasteiger partial charge in [-0.1, -0.05) is 45.2 Å². The van der Waals surface area contributed by atoms with E-state index >= 15 is 0 Å². The van der Waals surface area contributed by atoms with Crippen molar-refractivity contribution in [1.29, 1.82) is 0 Å². The van der Waals surface area contributed by atoms with Crippen LogP contribution in [0.2, 0.25) is 10.0 Å². The smallest absolute Gasteiger partial charge is 0.255 e. The fourth-order valence-electron chi connectivity index (χ4n) is 2.02. The maximum atomic E-state index is 12.6. The van der Waals surface area contributed by atoms with Crippen LogP contribution < -0.4 is 0 Å². The number of ether oxygens (including phenoxy) is 1. The number of rotatable bonds is 2. The predicted molar refractivity (Wildman–Crippen MR) is 80.5 cm³/mol. The van der Waals surface area contributed by atoms with E-state index in [0.717, 1.165) is 0 Å². The Bertz CT molecular complexity index is 484. The predicted octanol–water partition coefficient (Wildman–Crippen LogP) is 3.62. The monoisotopic (exact) mass is 365 g/mol. The quantitative estimate of drug-likeness (QED) is 0.748. The maximum Gasteiger partial charge on any atom is 0.255 e. The van der Waals surface area contributed by atoms with Crippen LogP contribution in [0.5, 0.6) is 0 Å². The third-order valence-electron chi connectivity index (χ3n) is 3.12. The first kappa shape index (κ1) is 15.1. The van der Waals surface area contributed by atoms with E-state index < -0.39 is 0 Å². The molecule has 2 atom stereocenters. The summed E-state index contributed by atoms with van der Waals surface area (Å²) in [6.07, 6.45) is 0.0121. The molecule has 1 aromatic rings. The summed E-state index contributed by atoms with van der Waals surface area (Å²) in [5.41, 5.74) is 0.441. The molecular weight excluding hydrogens is 353 g/mol. The Morgan fingerprint density at radius 2 is 2.26 bits per heavy atom. The minimum Gasteiger partial charge on any atom is -0.373 e. The normalized spacial score (nSPS) is 23.5. The van der Waals surface area contributed by atoms with Crippen molar-refractivity contribution in [3.63, 3.8) is 0 Å². The van der Waals surface area contributed by atoms with Gasteiger partial charge in [0, 0.05) is 11.9 Å². The highest BCUT2D eigenvalue weighted by molar-refractivity contribution is 9.09. The van der Waals surface area contributed by atoms with Crippen LogP contribution in [0.1, 0.15) is 17.3 Å². The molecular formula is C13H14BrCl2NO2. The molecule has 6 heteroatoms. The number of benzene rings is 1. The van der Waals surface area contributed by atoms with Crippen LogP contribution in [0.15, 0.2) is 18.2 Å². The van der Waals surface area contributed by atoms with E-state index in [2.05, 4.69) is 15.9 Å². The molecule has 0 N–H and O–H groups in total. The van der Waals surface area contributed by atoms with E-state index in [1.54, 1.807) is 23.1 Å². The molecule has 1 aromatic carbocycles. The number of alkyl halides is 1. The van der Waals surface area contributed by atoms with Gasteiger partial charge in [-0.2, -0.15) is 0 Å². The van der Waals surface area contributed by atoms with Gasteiger partial charge in [0.25, 0.3) is 5.91 Å². The van der Waals surface area contributed by atoms with Gasteiger partial charge < -0.3 is 9.64 Å². The van der Waals surface area contributed by atoms with Crippen molar-refractivity contribution in [2.75, 3.05) is 18.5 Å². The lowest BCUT2D eigenvalue weighted by Gasteiger charge is -2.37. The second-order valence-electron chi connectivity index (χ2n) is 4.52. The summed E-state index contributed by atoms with van der Waals surface area (Å²) in [5, 5.41) is 1.40. The highest BCUT2D eigenvalue weighted by atomic mass is 79.9. The lowest BCUT2D eigenvalue weighted by atomic mass is 10.1. The number of carbonyl (C=O) groups is 1. The minimum absolute atomic E-state index is 0.0121. The van der Waals surface area contributed by atoms with Crippen LogP contribution in [0.4, 0.5) is 0 Å². The number of hydrogen-bond acceptors (Lipinski definition) is 2. The molecule has 0 aliphatic carbocycles. The van der Waals surface area contributed by atoms with Gasteiger partial charge in [0.15, 0.2) is 0 Å². The molecule has 1 heterocycles. The van der Waals surface area contributed by atoms with E-state index in [9.17, 15) is 4.79 Å². The molecule has 1 fully saturated rings. The summed E-state index contributed by atoms with van der Waals surface area (Å²) >= 11 is 15.4. The first-order chi connectivity index (χ1) is 9.04. The molecule has 2 rings (SSSR count). The lowest BCUT2D eigenvalue weighted by Crippen LogP contribution is -2.51. The van der Waals surface area contributed by atoms with Gasteiger partial charge >= 0.3 is 0 Å². The number of amides is 1. The van der Waals surface area contributed by atoms with E-state index in [4.69, 9.17) is 27.9 Å². The third-order valence-corrected chi connectivity index (χ3v) is 4.66. The van der Waals surface area contributed by atoms with Crippen molar-refractivity contribution in [3.8, 4) is 0 Å². The largest absolute Gasteiger partial charge is 0.373 e. The highest BCUT2D eigenvalue weighted by Crippen LogP contribution is 2.27. The van der Waals surface area contributed by atoms with Gasteiger partial charge in [-0.25, -0.2) is 0 Å². The van der Waals surface area contributed by atoms with E-state index in [1.807, 2.05) is 6.92 Å². The summed E-state index contributed by atoms with van der Waals surface area (Å²) in [7, 11) is 0. The third kappa shape index (κ3) is 3.24. The number of morpholine rings is 1. The summed E-state index contributed by atoms with van der Waals surface area (Å²) < 4.78 is 5.61. The van der Waals surface area contributed by atoms with E-state index in [-0.39, 0.29) is 18.1 Å². The number of nitrogens with zero attached hydrogens (tertiary/aromatic N) is 1. The molecule has 1 aliphatic heterocycles. The average molecular weight is 367 g/mol. The molecule has 0 spiro atoms. The first-order valence-corrected chi connectivity index (χ1v) is 7.85. The second-order valence-corrected chi connectivity index (χ2v) is 5.95. The van der Waals surface area contributed by atoms with Crippen LogP contribution in [0.3, 0.4) is 0 Å². The molecule has 3 nitrogen and oxygen atoms in total. The van der Waals surface area contributed by atoms with Crippen molar-refractivity contribution >= 4 is 45.0 Å².